The van der Waals surface area contributed by atoms with Gasteiger partial charge in [0.2, 0.25) is 5.91 Å². The molecule has 0 radical (unpaired) electrons. The first-order valence-electron chi connectivity index (χ1n) is 11.3. The lowest BCUT2D eigenvalue weighted by atomic mass is 9.69. The van der Waals surface area contributed by atoms with Gasteiger partial charge in [0.1, 0.15) is 11.9 Å². The van der Waals surface area contributed by atoms with Crippen molar-refractivity contribution in [1.82, 2.24) is 5.32 Å². The SMILES string of the molecule is C[C@@]1([C@@H]2C[C@@H](O)C(=O)N2)CC[C@H](OCc2cc(C(F)(F)F)cc(C(F)(F)F)c2)[C@H]1c1ccc(F)cc1. The molecule has 5 atom stereocenters. The van der Waals surface area contributed by atoms with Crippen LogP contribution in [0.5, 0.6) is 0 Å². The highest BCUT2D eigenvalue weighted by molar-refractivity contribution is 5.83. The Kier molecular flexibility index (Phi) is 6.85. The molecule has 11 heteroatoms. The lowest BCUT2D eigenvalue weighted by Gasteiger charge is -2.39. The van der Waals surface area contributed by atoms with Crippen LogP contribution >= 0.6 is 0 Å². The first kappa shape index (κ1) is 26.4. The van der Waals surface area contributed by atoms with E-state index in [4.69, 9.17) is 4.74 Å². The summed E-state index contributed by atoms with van der Waals surface area (Å²) < 4.78 is 98.9. The lowest BCUT2D eigenvalue weighted by molar-refractivity contribution is -0.143. The van der Waals surface area contributed by atoms with E-state index in [0.29, 0.717) is 30.5 Å². The second kappa shape index (κ2) is 9.33. The number of ether oxygens (including phenoxy) is 1. The number of rotatable bonds is 5. The zero-order valence-corrected chi connectivity index (χ0v) is 19.1. The van der Waals surface area contributed by atoms with Gasteiger partial charge in [0.25, 0.3) is 0 Å². The van der Waals surface area contributed by atoms with Crippen molar-refractivity contribution in [1.29, 1.82) is 0 Å². The quantitative estimate of drug-likeness (QED) is 0.507. The highest BCUT2D eigenvalue weighted by Gasteiger charge is 2.54. The van der Waals surface area contributed by atoms with Gasteiger partial charge in [-0.1, -0.05) is 19.1 Å². The van der Waals surface area contributed by atoms with E-state index in [1.807, 2.05) is 6.92 Å². The molecule has 1 aliphatic heterocycles. The molecule has 196 valence electrons. The van der Waals surface area contributed by atoms with Crippen LogP contribution in [0.15, 0.2) is 42.5 Å². The van der Waals surface area contributed by atoms with E-state index in [1.165, 1.54) is 12.1 Å². The summed E-state index contributed by atoms with van der Waals surface area (Å²) in [6.07, 6.45) is -10.7. The molecule has 1 amide bonds. The van der Waals surface area contributed by atoms with Gasteiger partial charge in [-0.2, -0.15) is 26.3 Å². The maximum Gasteiger partial charge on any atom is 0.416 e. The summed E-state index contributed by atoms with van der Waals surface area (Å²) in [5, 5.41) is 12.7. The van der Waals surface area contributed by atoms with Crippen LogP contribution in [0, 0.1) is 11.2 Å². The average molecular weight is 519 g/mol. The van der Waals surface area contributed by atoms with E-state index in [0.717, 1.165) is 0 Å². The molecule has 2 N–H and O–H groups in total. The van der Waals surface area contributed by atoms with Crippen LogP contribution in [0.4, 0.5) is 30.7 Å². The van der Waals surface area contributed by atoms with Crippen LogP contribution in [0.1, 0.15) is 54.4 Å². The molecule has 1 aliphatic carbocycles. The Hall–Kier alpha value is -2.66. The normalized spacial score (nSPS) is 29.0. The van der Waals surface area contributed by atoms with E-state index in [9.17, 15) is 40.6 Å². The highest BCUT2D eigenvalue weighted by atomic mass is 19.4. The van der Waals surface area contributed by atoms with Gasteiger partial charge >= 0.3 is 12.4 Å². The molecule has 2 aromatic carbocycles. The zero-order chi connectivity index (χ0) is 26.5. The van der Waals surface area contributed by atoms with Crippen molar-refractivity contribution in [3.05, 3.63) is 70.5 Å². The van der Waals surface area contributed by atoms with E-state index < -0.39 is 71.4 Å². The molecule has 4 rings (SSSR count). The Labute approximate surface area is 202 Å². The maximum absolute atomic E-state index is 13.6. The summed E-state index contributed by atoms with van der Waals surface area (Å²) in [6, 6.07) is 6.44. The van der Waals surface area contributed by atoms with Crippen molar-refractivity contribution >= 4 is 5.91 Å². The van der Waals surface area contributed by atoms with Crippen LogP contribution in [0.3, 0.4) is 0 Å². The minimum atomic E-state index is -4.97. The van der Waals surface area contributed by atoms with Gasteiger partial charge in [0, 0.05) is 18.4 Å². The van der Waals surface area contributed by atoms with Gasteiger partial charge < -0.3 is 15.2 Å². The van der Waals surface area contributed by atoms with Crippen molar-refractivity contribution in [2.75, 3.05) is 0 Å². The van der Waals surface area contributed by atoms with Crippen molar-refractivity contribution in [3.63, 3.8) is 0 Å². The number of benzene rings is 2. The van der Waals surface area contributed by atoms with Gasteiger partial charge in [0.15, 0.2) is 0 Å². The molecule has 2 aliphatic rings. The Morgan fingerprint density at radius 3 is 2.11 bits per heavy atom. The van der Waals surface area contributed by atoms with Crippen LogP contribution < -0.4 is 5.32 Å². The van der Waals surface area contributed by atoms with Crippen LogP contribution in [-0.2, 0) is 28.5 Å². The smallest absolute Gasteiger partial charge is 0.383 e. The topological polar surface area (TPSA) is 58.6 Å². The number of carbonyl (C=O) groups is 1. The van der Waals surface area contributed by atoms with Crippen molar-refractivity contribution in [2.24, 2.45) is 5.41 Å². The fourth-order valence-corrected chi connectivity index (χ4v) is 5.43. The van der Waals surface area contributed by atoms with Gasteiger partial charge in [-0.15, -0.1) is 0 Å². The van der Waals surface area contributed by atoms with Gasteiger partial charge in [-0.05, 0) is 59.7 Å². The molecule has 0 bridgehead atoms. The van der Waals surface area contributed by atoms with E-state index >= 15 is 0 Å². The van der Waals surface area contributed by atoms with E-state index in [-0.39, 0.29) is 18.1 Å². The summed E-state index contributed by atoms with van der Waals surface area (Å²) in [5.74, 6) is -1.47. The molecule has 0 spiro atoms. The molecular weight excluding hydrogens is 495 g/mol. The third kappa shape index (κ3) is 5.22. The molecule has 2 fully saturated rings. The fourth-order valence-electron chi connectivity index (χ4n) is 5.43. The maximum atomic E-state index is 13.6. The van der Waals surface area contributed by atoms with Crippen molar-refractivity contribution < 1.29 is 45.4 Å². The summed E-state index contributed by atoms with van der Waals surface area (Å²) >= 11 is 0. The summed E-state index contributed by atoms with van der Waals surface area (Å²) in [4.78, 5) is 12.0. The fraction of sp³-hybridized carbons (Fsp3) is 0.480. The molecule has 0 unspecified atom stereocenters. The van der Waals surface area contributed by atoms with E-state index in [2.05, 4.69) is 5.32 Å². The monoisotopic (exact) mass is 519 g/mol. The molecular formula is C25H24F7NO3. The second-order valence-electron chi connectivity index (χ2n) is 9.65. The van der Waals surface area contributed by atoms with Crippen molar-refractivity contribution in [3.8, 4) is 0 Å². The molecule has 2 aromatic rings. The number of hydrogen-bond acceptors (Lipinski definition) is 3. The summed E-state index contributed by atoms with van der Waals surface area (Å²) in [5.41, 5.74) is -3.15. The van der Waals surface area contributed by atoms with Crippen LogP contribution in [-0.4, -0.2) is 29.3 Å². The molecule has 1 heterocycles. The largest absolute Gasteiger partial charge is 0.416 e. The standard InChI is InChI=1S/C25H24F7NO3/c1-23(20-11-18(34)22(35)33-20)7-6-19(21(23)14-2-4-17(26)5-3-14)36-12-13-8-15(24(27,28)29)10-16(9-13)25(30,31)32/h2-5,8-10,18-21,34H,6-7,11-12H2,1H3,(H,33,35)/t18-,19+,20+,21-,23+/m1/s1. The number of halogens is 7. The number of aliphatic hydroxyl groups excluding tert-OH is 1. The molecule has 1 saturated heterocycles. The van der Waals surface area contributed by atoms with Gasteiger partial charge in [-0.3, -0.25) is 4.79 Å². The van der Waals surface area contributed by atoms with Gasteiger partial charge in [0.05, 0.1) is 23.8 Å². The minimum Gasteiger partial charge on any atom is -0.383 e. The van der Waals surface area contributed by atoms with Crippen molar-refractivity contribution in [2.45, 2.75) is 69.3 Å². The lowest BCUT2D eigenvalue weighted by Crippen LogP contribution is -2.44. The second-order valence-corrected chi connectivity index (χ2v) is 9.65. The third-order valence-electron chi connectivity index (χ3n) is 7.26. The number of carbonyl (C=O) groups excluding carboxylic acids is 1. The van der Waals surface area contributed by atoms with Gasteiger partial charge in [-0.25, -0.2) is 4.39 Å². The Balaban J connectivity index is 1.64. The number of aliphatic hydroxyl groups is 1. The highest BCUT2D eigenvalue weighted by Crippen LogP contribution is 2.54. The molecule has 0 aromatic heterocycles. The molecule has 36 heavy (non-hydrogen) atoms. The predicted molar refractivity (Wildman–Crippen MR) is 114 cm³/mol. The Morgan fingerprint density at radius 1 is 1.03 bits per heavy atom. The predicted octanol–water partition coefficient (Wildman–Crippen LogP) is 5.58. The van der Waals surface area contributed by atoms with Crippen LogP contribution in [0.25, 0.3) is 0 Å². The third-order valence-corrected chi connectivity index (χ3v) is 7.26. The first-order chi connectivity index (χ1) is 16.7. The number of alkyl halides is 6. The minimum absolute atomic E-state index is 0.0611. The number of amides is 1. The Morgan fingerprint density at radius 2 is 1.61 bits per heavy atom. The van der Waals surface area contributed by atoms with E-state index in [1.54, 1.807) is 12.1 Å². The zero-order valence-electron chi connectivity index (χ0n) is 19.1. The molecule has 1 saturated carbocycles. The average Bonchev–Trinajstić information content (AvgIpc) is 3.31. The summed E-state index contributed by atoms with van der Waals surface area (Å²) in [7, 11) is 0. The first-order valence-corrected chi connectivity index (χ1v) is 11.3. The Bertz CT molecular complexity index is 1080. The molecule has 4 nitrogen and oxygen atoms in total. The number of nitrogens with one attached hydrogen (secondary N) is 1. The van der Waals surface area contributed by atoms with Crippen LogP contribution in [0.2, 0.25) is 0 Å². The summed E-state index contributed by atoms with van der Waals surface area (Å²) in [6.45, 7) is 1.37. The number of hydrogen-bond donors (Lipinski definition) is 2.